The maximum atomic E-state index is 12.0. The Hall–Kier alpha value is -0.900. The third-order valence-corrected chi connectivity index (χ3v) is 2.90. The molecule has 0 saturated heterocycles. The van der Waals surface area contributed by atoms with E-state index in [0.717, 1.165) is 22.2 Å². The van der Waals surface area contributed by atoms with Crippen molar-refractivity contribution in [3.63, 3.8) is 0 Å². The minimum Gasteiger partial charge on any atom is -0.300 e. The van der Waals surface area contributed by atoms with Gasteiger partial charge in [0.1, 0.15) is 5.78 Å². The van der Waals surface area contributed by atoms with Crippen molar-refractivity contribution in [2.45, 2.75) is 24.7 Å². The number of thioether (sulfide) groups is 1. The van der Waals surface area contributed by atoms with Crippen molar-refractivity contribution in [3.8, 4) is 0 Å². The molecule has 1 aromatic rings. The lowest BCUT2D eigenvalue weighted by Crippen LogP contribution is -2.00. The van der Waals surface area contributed by atoms with Gasteiger partial charge in [-0.05, 0) is 18.6 Å². The van der Waals surface area contributed by atoms with Crippen LogP contribution in [0.25, 0.3) is 0 Å². The quantitative estimate of drug-likeness (QED) is 0.723. The maximum absolute atomic E-state index is 12.0. The Labute approximate surface area is 91.9 Å². The molecule has 0 bridgehead atoms. The van der Waals surface area contributed by atoms with E-state index in [0.29, 0.717) is 6.42 Å². The predicted molar refractivity (Wildman–Crippen MR) is 57.6 cm³/mol. The van der Waals surface area contributed by atoms with Crippen molar-refractivity contribution < 1.29 is 13.6 Å². The normalized spacial score (nSPS) is 10.7. The fraction of sp³-hybridized carbons (Fsp3) is 0.364. The van der Waals surface area contributed by atoms with Crippen molar-refractivity contribution in [3.05, 3.63) is 29.8 Å². The standard InChI is InChI=1S/C11H12F2OS/c1-8(14)6-9-4-2-3-5-10(9)15-7-11(12)13/h2-5,11H,6-7H2,1H3. The minimum atomic E-state index is -2.32. The van der Waals surface area contributed by atoms with Crippen LogP contribution in [0, 0.1) is 0 Å². The van der Waals surface area contributed by atoms with E-state index in [2.05, 4.69) is 0 Å². The second-order valence-corrected chi connectivity index (χ2v) is 4.25. The lowest BCUT2D eigenvalue weighted by atomic mass is 10.1. The molecule has 0 aliphatic heterocycles. The van der Waals surface area contributed by atoms with E-state index < -0.39 is 6.43 Å². The summed E-state index contributed by atoms with van der Waals surface area (Å²) in [5.41, 5.74) is 0.829. The zero-order valence-corrected chi connectivity index (χ0v) is 9.19. The molecule has 1 aromatic carbocycles. The van der Waals surface area contributed by atoms with Crippen molar-refractivity contribution in [2.75, 3.05) is 5.75 Å². The Bertz CT molecular complexity index is 339. The van der Waals surface area contributed by atoms with E-state index in [4.69, 9.17) is 0 Å². The van der Waals surface area contributed by atoms with Crippen molar-refractivity contribution >= 4 is 17.5 Å². The monoisotopic (exact) mass is 230 g/mol. The summed E-state index contributed by atoms with van der Waals surface area (Å²) in [5, 5.41) is 0. The smallest absolute Gasteiger partial charge is 0.247 e. The zero-order chi connectivity index (χ0) is 11.3. The Balaban J connectivity index is 2.72. The molecule has 1 nitrogen and oxygen atoms in total. The lowest BCUT2D eigenvalue weighted by Gasteiger charge is -2.06. The molecule has 0 N–H and O–H groups in total. The maximum Gasteiger partial charge on any atom is 0.247 e. The summed E-state index contributed by atoms with van der Waals surface area (Å²) in [6.45, 7) is 1.49. The highest BCUT2D eigenvalue weighted by Gasteiger charge is 2.08. The van der Waals surface area contributed by atoms with Crippen LogP contribution in [0.15, 0.2) is 29.2 Å². The number of benzene rings is 1. The van der Waals surface area contributed by atoms with Gasteiger partial charge in [-0.1, -0.05) is 18.2 Å². The van der Waals surface area contributed by atoms with Gasteiger partial charge in [0, 0.05) is 11.3 Å². The molecule has 15 heavy (non-hydrogen) atoms. The first-order valence-electron chi connectivity index (χ1n) is 4.58. The highest BCUT2D eigenvalue weighted by atomic mass is 32.2. The molecule has 4 heteroatoms. The summed E-state index contributed by atoms with van der Waals surface area (Å²) in [5.74, 6) is -0.186. The van der Waals surface area contributed by atoms with Crippen LogP contribution in [0.4, 0.5) is 8.78 Å². The van der Waals surface area contributed by atoms with Gasteiger partial charge < -0.3 is 0 Å². The second-order valence-electron chi connectivity index (χ2n) is 3.19. The third-order valence-electron chi connectivity index (χ3n) is 1.78. The van der Waals surface area contributed by atoms with Gasteiger partial charge in [-0.2, -0.15) is 0 Å². The Morgan fingerprint density at radius 3 is 2.67 bits per heavy atom. The van der Waals surface area contributed by atoms with Crippen molar-refractivity contribution in [1.82, 2.24) is 0 Å². The number of Topliss-reactive ketones (excluding diaryl/α,β-unsaturated/α-hetero) is 1. The van der Waals surface area contributed by atoms with Gasteiger partial charge >= 0.3 is 0 Å². The molecule has 0 unspecified atom stereocenters. The lowest BCUT2D eigenvalue weighted by molar-refractivity contribution is -0.116. The number of alkyl halides is 2. The summed E-state index contributed by atoms with van der Waals surface area (Å²) in [7, 11) is 0. The van der Waals surface area contributed by atoms with Crippen LogP contribution in [-0.2, 0) is 11.2 Å². The van der Waals surface area contributed by atoms with E-state index in [1.807, 2.05) is 6.07 Å². The molecule has 0 aliphatic carbocycles. The summed E-state index contributed by atoms with van der Waals surface area (Å²) in [6.07, 6.45) is -2.01. The summed E-state index contributed by atoms with van der Waals surface area (Å²) in [6, 6.07) is 7.17. The van der Waals surface area contributed by atoms with Gasteiger partial charge in [0.25, 0.3) is 0 Å². The van der Waals surface area contributed by atoms with Crippen LogP contribution in [0.1, 0.15) is 12.5 Å². The topological polar surface area (TPSA) is 17.1 Å². The number of rotatable bonds is 5. The van der Waals surface area contributed by atoms with Crippen molar-refractivity contribution in [2.24, 2.45) is 0 Å². The largest absolute Gasteiger partial charge is 0.300 e. The predicted octanol–water partition coefficient (Wildman–Crippen LogP) is 3.18. The van der Waals surface area contributed by atoms with Crippen LogP contribution in [0.3, 0.4) is 0 Å². The molecular weight excluding hydrogens is 218 g/mol. The van der Waals surface area contributed by atoms with E-state index in [1.165, 1.54) is 6.92 Å². The van der Waals surface area contributed by atoms with Crippen LogP contribution in [-0.4, -0.2) is 18.0 Å². The number of hydrogen-bond donors (Lipinski definition) is 0. The fourth-order valence-corrected chi connectivity index (χ4v) is 2.02. The molecule has 0 radical (unpaired) electrons. The molecule has 0 amide bonds. The first kappa shape index (κ1) is 12.2. The Kier molecular flexibility index (Phi) is 4.75. The Morgan fingerprint density at radius 2 is 2.07 bits per heavy atom. The van der Waals surface area contributed by atoms with Gasteiger partial charge in [-0.25, -0.2) is 8.78 Å². The van der Waals surface area contributed by atoms with Crippen LogP contribution < -0.4 is 0 Å². The summed E-state index contributed by atoms with van der Waals surface area (Å²) in [4.78, 5) is 11.7. The van der Waals surface area contributed by atoms with Gasteiger partial charge in [-0.15, -0.1) is 11.8 Å². The van der Waals surface area contributed by atoms with Gasteiger partial charge in [0.2, 0.25) is 6.43 Å². The molecular formula is C11H12F2OS. The molecule has 0 spiro atoms. The van der Waals surface area contributed by atoms with Gasteiger partial charge in [0.05, 0.1) is 5.75 Å². The molecule has 82 valence electrons. The van der Waals surface area contributed by atoms with Gasteiger partial charge in [-0.3, -0.25) is 4.79 Å². The number of carbonyl (C=O) groups is 1. The molecule has 0 atom stereocenters. The number of halogens is 2. The zero-order valence-electron chi connectivity index (χ0n) is 8.37. The molecule has 0 fully saturated rings. The average Bonchev–Trinajstić information content (AvgIpc) is 2.15. The Morgan fingerprint density at radius 1 is 1.40 bits per heavy atom. The van der Waals surface area contributed by atoms with Crippen LogP contribution in [0.2, 0.25) is 0 Å². The highest BCUT2D eigenvalue weighted by molar-refractivity contribution is 7.99. The molecule has 0 aliphatic rings. The fourth-order valence-electron chi connectivity index (χ4n) is 1.21. The highest BCUT2D eigenvalue weighted by Crippen LogP contribution is 2.24. The molecule has 0 saturated carbocycles. The SMILES string of the molecule is CC(=O)Cc1ccccc1SCC(F)F. The number of carbonyl (C=O) groups excluding carboxylic acids is 1. The summed E-state index contributed by atoms with van der Waals surface area (Å²) >= 11 is 1.09. The molecule has 0 aromatic heterocycles. The van der Waals surface area contributed by atoms with Crippen molar-refractivity contribution in [1.29, 1.82) is 0 Å². The first-order valence-corrected chi connectivity index (χ1v) is 5.56. The van der Waals surface area contributed by atoms with E-state index in [1.54, 1.807) is 18.2 Å². The molecule has 0 heterocycles. The number of ketones is 1. The minimum absolute atomic E-state index is 0.0418. The first-order chi connectivity index (χ1) is 7.09. The van der Waals surface area contributed by atoms with E-state index in [9.17, 15) is 13.6 Å². The average molecular weight is 230 g/mol. The number of hydrogen-bond acceptors (Lipinski definition) is 2. The van der Waals surface area contributed by atoms with E-state index >= 15 is 0 Å². The second kappa shape index (κ2) is 5.85. The van der Waals surface area contributed by atoms with E-state index in [-0.39, 0.29) is 11.5 Å². The van der Waals surface area contributed by atoms with Crippen LogP contribution in [0.5, 0.6) is 0 Å². The summed E-state index contributed by atoms with van der Waals surface area (Å²) < 4.78 is 24.1. The van der Waals surface area contributed by atoms with Gasteiger partial charge in [0.15, 0.2) is 0 Å². The third kappa shape index (κ3) is 4.42. The van der Waals surface area contributed by atoms with Crippen LogP contribution >= 0.6 is 11.8 Å². The molecule has 1 rings (SSSR count).